The Kier molecular flexibility index (Phi) is 10.7. The smallest absolute Gasteiger partial charge is 0.191 e. The number of nitrogens with one attached hydrogen (secondary N) is 2. The fourth-order valence-corrected chi connectivity index (χ4v) is 3.16. The second-order valence-corrected chi connectivity index (χ2v) is 7.24. The number of hydrogen-bond donors (Lipinski definition) is 2. The lowest BCUT2D eigenvalue weighted by Crippen LogP contribution is -2.40. The van der Waals surface area contributed by atoms with Crippen LogP contribution in [0.2, 0.25) is 0 Å². The van der Waals surface area contributed by atoms with Gasteiger partial charge in [-0.15, -0.1) is 10.2 Å². The lowest BCUT2D eigenvalue weighted by molar-refractivity contribution is 0.287. The van der Waals surface area contributed by atoms with Crippen molar-refractivity contribution in [2.75, 3.05) is 26.3 Å². The Labute approximate surface area is 186 Å². The van der Waals surface area contributed by atoms with Gasteiger partial charge in [-0.25, -0.2) is 0 Å². The van der Waals surface area contributed by atoms with E-state index in [-0.39, 0.29) is 6.04 Å². The van der Waals surface area contributed by atoms with Crippen LogP contribution in [0, 0.1) is 0 Å². The van der Waals surface area contributed by atoms with Gasteiger partial charge < -0.3 is 24.7 Å². The van der Waals surface area contributed by atoms with Gasteiger partial charge in [-0.3, -0.25) is 4.99 Å². The van der Waals surface area contributed by atoms with Crippen molar-refractivity contribution in [1.29, 1.82) is 0 Å². The van der Waals surface area contributed by atoms with Crippen LogP contribution in [0.3, 0.4) is 0 Å². The van der Waals surface area contributed by atoms with Crippen LogP contribution in [0.15, 0.2) is 29.5 Å². The highest BCUT2D eigenvalue weighted by atomic mass is 16.5. The third-order valence-electron chi connectivity index (χ3n) is 4.86. The molecule has 1 aromatic carbocycles. The summed E-state index contributed by atoms with van der Waals surface area (Å²) in [5.74, 6) is 3.34. The highest BCUT2D eigenvalue weighted by Crippen LogP contribution is 2.30. The predicted octanol–water partition coefficient (Wildman–Crippen LogP) is 3.73. The number of aryl methyl sites for hydroxylation is 1. The van der Waals surface area contributed by atoms with Crippen molar-refractivity contribution < 1.29 is 9.47 Å². The summed E-state index contributed by atoms with van der Waals surface area (Å²) in [6, 6.07) is 6.14. The highest BCUT2D eigenvalue weighted by molar-refractivity contribution is 5.80. The molecule has 1 unspecified atom stereocenters. The van der Waals surface area contributed by atoms with Gasteiger partial charge in [-0.2, -0.15) is 0 Å². The summed E-state index contributed by atoms with van der Waals surface area (Å²) in [6.45, 7) is 13.9. The molecular weight excluding hydrogens is 392 g/mol. The van der Waals surface area contributed by atoms with Crippen molar-refractivity contribution in [1.82, 2.24) is 25.4 Å². The molecule has 1 heterocycles. The number of hydrogen-bond acceptors (Lipinski definition) is 5. The number of guanidine groups is 1. The molecule has 8 nitrogen and oxygen atoms in total. The maximum absolute atomic E-state index is 5.78. The normalized spacial score (nSPS) is 12.5. The topological polar surface area (TPSA) is 85.6 Å². The summed E-state index contributed by atoms with van der Waals surface area (Å²) >= 11 is 0. The number of ether oxygens (including phenoxy) is 2. The molecule has 1 atom stereocenters. The third-order valence-corrected chi connectivity index (χ3v) is 4.86. The van der Waals surface area contributed by atoms with Gasteiger partial charge in [-0.1, -0.05) is 26.3 Å². The maximum Gasteiger partial charge on any atom is 0.191 e. The number of unbranched alkanes of at least 4 members (excludes halogenated alkanes) is 1. The number of benzene rings is 1. The van der Waals surface area contributed by atoms with E-state index in [0.29, 0.717) is 13.2 Å². The number of aliphatic imine (C=N–C) groups is 1. The Morgan fingerprint density at radius 1 is 1.13 bits per heavy atom. The maximum atomic E-state index is 5.78. The van der Waals surface area contributed by atoms with Gasteiger partial charge in [0.1, 0.15) is 12.2 Å². The van der Waals surface area contributed by atoms with E-state index in [9.17, 15) is 0 Å². The summed E-state index contributed by atoms with van der Waals surface area (Å²) < 4.78 is 13.5. The van der Waals surface area contributed by atoms with E-state index in [2.05, 4.69) is 52.2 Å². The van der Waals surface area contributed by atoms with Gasteiger partial charge in [0.2, 0.25) is 0 Å². The number of nitrogens with zero attached hydrogens (tertiary/aromatic N) is 4. The lowest BCUT2D eigenvalue weighted by atomic mass is 10.1. The molecule has 31 heavy (non-hydrogen) atoms. The van der Waals surface area contributed by atoms with Crippen LogP contribution in [0.25, 0.3) is 0 Å². The largest absolute Gasteiger partial charge is 0.490 e. The average Bonchev–Trinajstić information content (AvgIpc) is 3.22. The Balaban J connectivity index is 2.05. The van der Waals surface area contributed by atoms with Gasteiger partial charge in [-0.05, 0) is 44.9 Å². The summed E-state index contributed by atoms with van der Waals surface area (Å²) in [5.41, 5.74) is 1.11. The summed E-state index contributed by atoms with van der Waals surface area (Å²) in [4.78, 5) is 4.74. The molecule has 0 aliphatic carbocycles. The van der Waals surface area contributed by atoms with Gasteiger partial charge >= 0.3 is 0 Å². The van der Waals surface area contributed by atoms with Crippen molar-refractivity contribution in [3.8, 4) is 11.5 Å². The molecule has 172 valence electrons. The Morgan fingerprint density at radius 3 is 2.61 bits per heavy atom. The predicted molar refractivity (Wildman–Crippen MR) is 125 cm³/mol. The van der Waals surface area contributed by atoms with Gasteiger partial charge in [0, 0.05) is 26.1 Å². The minimum atomic E-state index is 0.0591. The summed E-state index contributed by atoms with van der Waals surface area (Å²) in [7, 11) is 0. The zero-order valence-corrected chi connectivity index (χ0v) is 19.6. The van der Waals surface area contributed by atoms with E-state index in [1.54, 1.807) is 6.33 Å². The molecule has 8 heteroatoms. The number of rotatable bonds is 13. The molecule has 0 aliphatic heterocycles. The van der Waals surface area contributed by atoms with Crippen LogP contribution >= 0.6 is 0 Å². The SMILES string of the molecule is CCCCN=C(NCCn1cnnc1CC)NC(C)c1ccc(OCC)c(OCC)c1. The van der Waals surface area contributed by atoms with Crippen molar-refractivity contribution in [3.63, 3.8) is 0 Å². The first-order valence-corrected chi connectivity index (χ1v) is 11.4. The van der Waals surface area contributed by atoms with Gasteiger partial charge in [0.05, 0.1) is 19.3 Å². The minimum absolute atomic E-state index is 0.0591. The molecule has 2 aromatic rings. The molecular formula is C23H38N6O2. The molecule has 0 bridgehead atoms. The van der Waals surface area contributed by atoms with E-state index < -0.39 is 0 Å². The Bertz CT molecular complexity index is 805. The third kappa shape index (κ3) is 7.77. The highest BCUT2D eigenvalue weighted by Gasteiger charge is 2.13. The zero-order valence-electron chi connectivity index (χ0n) is 19.6. The molecule has 0 fully saturated rings. The first-order chi connectivity index (χ1) is 15.1. The Hall–Kier alpha value is -2.77. The van der Waals surface area contributed by atoms with E-state index in [1.807, 2.05) is 26.0 Å². The van der Waals surface area contributed by atoms with Crippen LogP contribution in [-0.2, 0) is 13.0 Å². The van der Waals surface area contributed by atoms with Crippen molar-refractivity contribution in [2.45, 2.75) is 66.5 Å². The lowest BCUT2D eigenvalue weighted by Gasteiger charge is -2.20. The number of aromatic nitrogens is 3. The van der Waals surface area contributed by atoms with Crippen LogP contribution in [-0.4, -0.2) is 47.0 Å². The average molecular weight is 431 g/mol. The molecule has 0 aliphatic rings. The molecule has 0 saturated carbocycles. The van der Waals surface area contributed by atoms with Crippen molar-refractivity contribution in [2.24, 2.45) is 4.99 Å². The van der Waals surface area contributed by atoms with Crippen LogP contribution in [0.5, 0.6) is 11.5 Å². The molecule has 2 N–H and O–H groups in total. The monoisotopic (exact) mass is 430 g/mol. The van der Waals surface area contributed by atoms with Crippen LogP contribution in [0.4, 0.5) is 0 Å². The van der Waals surface area contributed by atoms with E-state index in [0.717, 1.165) is 67.7 Å². The fourth-order valence-electron chi connectivity index (χ4n) is 3.16. The van der Waals surface area contributed by atoms with Crippen LogP contribution in [0.1, 0.15) is 64.9 Å². The van der Waals surface area contributed by atoms with Crippen molar-refractivity contribution >= 4 is 5.96 Å². The molecule has 0 radical (unpaired) electrons. The minimum Gasteiger partial charge on any atom is -0.490 e. The Morgan fingerprint density at radius 2 is 1.90 bits per heavy atom. The standard InChI is InChI=1S/C23H38N6O2/c1-6-10-13-24-23(25-14-15-29-17-26-28-22(29)7-2)27-18(5)19-11-12-20(30-8-3)21(16-19)31-9-4/h11-12,16-18H,6-10,13-15H2,1-5H3,(H2,24,25,27). The quantitative estimate of drug-likeness (QED) is 0.286. The second kappa shape index (κ2) is 13.5. The zero-order chi connectivity index (χ0) is 22.5. The molecule has 0 amide bonds. The van der Waals surface area contributed by atoms with E-state index >= 15 is 0 Å². The molecule has 1 aromatic heterocycles. The van der Waals surface area contributed by atoms with E-state index in [1.165, 1.54) is 0 Å². The van der Waals surface area contributed by atoms with Gasteiger partial charge in [0.15, 0.2) is 17.5 Å². The summed E-state index contributed by atoms with van der Waals surface area (Å²) in [6.07, 6.45) is 4.82. The molecule has 2 rings (SSSR count). The first-order valence-electron chi connectivity index (χ1n) is 11.4. The van der Waals surface area contributed by atoms with E-state index in [4.69, 9.17) is 14.5 Å². The summed E-state index contributed by atoms with van der Waals surface area (Å²) in [5, 5.41) is 15.1. The molecule has 0 spiro atoms. The first kappa shape index (κ1) is 24.5. The van der Waals surface area contributed by atoms with Gasteiger partial charge in [0.25, 0.3) is 0 Å². The van der Waals surface area contributed by atoms with Crippen LogP contribution < -0.4 is 20.1 Å². The van der Waals surface area contributed by atoms with Crippen molar-refractivity contribution in [3.05, 3.63) is 35.9 Å². The second-order valence-electron chi connectivity index (χ2n) is 7.24. The fraction of sp³-hybridized carbons (Fsp3) is 0.609. The molecule has 0 saturated heterocycles.